The van der Waals surface area contributed by atoms with Gasteiger partial charge in [0.2, 0.25) is 0 Å². The van der Waals surface area contributed by atoms with Crippen molar-refractivity contribution in [2.24, 2.45) is 0 Å². The highest BCUT2D eigenvalue weighted by Crippen LogP contribution is 2.39. The average Bonchev–Trinajstić information content (AvgIpc) is 2.90. The number of hydrogen-bond acceptors (Lipinski definition) is 1. The molecule has 1 fully saturated rings. The van der Waals surface area contributed by atoms with Crippen LogP contribution in [0.2, 0.25) is 5.02 Å². The quantitative estimate of drug-likeness (QED) is 0.667. The highest BCUT2D eigenvalue weighted by molar-refractivity contribution is 14.1. The van der Waals surface area contributed by atoms with Crippen molar-refractivity contribution in [2.75, 3.05) is 0 Å². The van der Waals surface area contributed by atoms with Gasteiger partial charge in [-0.2, -0.15) is 0 Å². The van der Waals surface area contributed by atoms with Gasteiger partial charge in [0, 0.05) is 33.4 Å². The summed E-state index contributed by atoms with van der Waals surface area (Å²) in [5.74, 6) is 0. The molecule has 0 amide bonds. The van der Waals surface area contributed by atoms with E-state index in [2.05, 4.69) is 38.5 Å². The van der Waals surface area contributed by atoms with E-state index >= 15 is 0 Å². The lowest BCUT2D eigenvalue weighted by Gasteiger charge is -2.12. The van der Waals surface area contributed by atoms with Crippen molar-refractivity contribution in [3.63, 3.8) is 0 Å². The van der Waals surface area contributed by atoms with Gasteiger partial charge in [-0.3, -0.25) is 3.53 Å². The Labute approximate surface area is 97.4 Å². The summed E-state index contributed by atoms with van der Waals surface area (Å²) in [4.78, 5) is 0. The molecule has 70 valence electrons. The predicted octanol–water partition coefficient (Wildman–Crippen LogP) is 3.35. The zero-order chi connectivity index (χ0) is 9.31. The van der Waals surface area contributed by atoms with Crippen LogP contribution < -0.4 is 3.53 Å². The molecule has 0 heterocycles. The lowest BCUT2D eigenvalue weighted by atomic mass is 10.1. The van der Waals surface area contributed by atoms with Crippen LogP contribution in [0.1, 0.15) is 18.4 Å². The van der Waals surface area contributed by atoms with Crippen molar-refractivity contribution >= 4 is 34.5 Å². The molecule has 1 aliphatic rings. The van der Waals surface area contributed by atoms with Crippen LogP contribution in [0.15, 0.2) is 24.3 Å². The van der Waals surface area contributed by atoms with E-state index in [4.69, 9.17) is 11.6 Å². The minimum atomic E-state index is 0.383. The molecule has 1 aromatic carbocycles. The second kappa shape index (κ2) is 3.75. The summed E-state index contributed by atoms with van der Waals surface area (Å²) in [6.45, 7) is 0. The fourth-order valence-corrected chi connectivity index (χ4v) is 2.30. The van der Waals surface area contributed by atoms with Crippen LogP contribution in [0.5, 0.6) is 0 Å². The normalized spacial score (nSPS) is 18.6. The lowest BCUT2D eigenvalue weighted by molar-refractivity contribution is 0.642. The molecule has 2 rings (SSSR count). The van der Waals surface area contributed by atoms with Gasteiger partial charge in [0.05, 0.1) is 0 Å². The molecule has 1 aliphatic carbocycles. The fourth-order valence-electron chi connectivity index (χ4n) is 1.45. The molecule has 0 saturated heterocycles. The van der Waals surface area contributed by atoms with Crippen molar-refractivity contribution in [1.29, 1.82) is 0 Å². The summed E-state index contributed by atoms with van der Waals surface area (Å²) >= 11 is 8.07. The number of halogens is 2. The minimum absolute atomic E-state index is 0.383. The maximum Gasteiger partial charge on any atom is 0.0406 e. The van der Waals surface area contributed by atoms with Gasteiger partial charge in [-0.25, -0.2) is 0 Å². The smallest absolute Gasteiger partial charge is 0.0406 e. The molecule has 3 heteroatoms. The fraction of sp³-hybridized carbons (Fsp3) is 0.400. The first-order valence-electron chi connectivity index (χ1n) is 4.36. The molecule has 0 spiro atoms. The minimum Gasteiger partial charge on any atom is -0.255 e. The van der Waals surface area contributed by atoms with Gasteiger partial charge in [-0.15, -0.1) is 0 Å². The SMILES string of the molecule is Clc1ccc(CC2(NI)CC2)cc1. The van der Waals surface area contributed by atoms with E-state index < -0.39 is 0 Å². The molecule has 0 radical (unpaired) electrons. The molecule has 1 aromatic rings. The highest BCUT2D eigenvalue weighted by atomic mass is 127. The van der Waals surface area contributed by atoms with Gasteiger partial charge < -0.3 is 0 Å². The van der Waals surface area contributed by atoms with E-state index in [1.807, 2.05) is 12.1 Å². The second-order valence-electron chi connectivity index (χ2n) is 3.68. The Hall–Kier alpha value is 0.200. The van der Waals surface area contributed by atoms with Crippen LogP contribution in [-0.4, -0.2) is 5.54 Å². The first kappa shape index (κ1) is 9.74. The Bertz CT molecular complexity index is 292. The summed E-state index contributed by atoms with van der Waals surface area (Å²) in [5, 5.41) is 0.816. The maximum atomic E-state index is 5.82. The molecule has 1 N–H and O–H groups in total. The number of nitrogens with one attached hydrogen (secondary N) is 1. The largest absolute Gasteiger partial charge is 0.255 e. The summed E-state index contributed by atoms with van der Waals surface area (Å²) in [7, 11) is 0. The molecule has 1 saturated carbocycles. The Morgan fingerprint density at radius 3 is 2.38 bits per heavy atom. The third kappa shape index (κ3) is 2.36. The third-order valence-corrected chi connectivity index (χ3v) is 3.91. The second-order valence-corrected chi connectivity index (χ2v) is 4.65. The van der Waals surface area contributed by atoms with Crippen LogP contribution in [0, 0.1) is 0 Å². The molecular weight excluding hydrogens is 296 g/mol. The van der Waals surface area contributed by atoms with Crippen molar-refractivity contribution < 1.29 is 0 Å². The molecule has 0 unspecified atom stereocenters. The monoisotopic (exact) mass is 307 g/mol. The van der Waals surface area contributed by atoms with Gasteiger partial charge in [0.1, 0.15) is 0 Å². The Kier molecular flexibility index (Phi) is 2.81. The number of hydrogen-bond donors (Lipinski definition) is 1. The molecule has 0 aliphatic heterocycles. The number of benzene rings is 1. The van der Waals surface area contributed by atoms with Gasteiger partial charge in [0.15, 0.2) is 0 Å². The zero-order valence-corrected chi connectivity index (χ0v) is 10.1. The average molecular weight is 308 g/mol. The summed E-state index contributed by atoms with van der Waals surface area (Å²) < 4.78 is 3.35. The first-order chi connectivity index (χ1) is 6.24. The van der Waals surface area contributed by atoms with Crippen LogP contribution in [-0.2, 0) is 6.42 Å². The van der Waals surface area contributed by atoms with E-state index in [0.29, 0.717) is 5.54 Å². The summed E-state index contributed by atoms with van der Waals surface area (Å²) in [5.41, 5.74) is 1.75. The summed E-state index contributed by atoms with van der Waals surface area (Å²) in [6.07, 6.45) is 3.70. The van der Waals surface area contributed by atoms with E-state index in [1.54, 1.807) is 0 Å². The molecule has 0 aromatic heterocycles. The van der Waals surface area contributed by atoms with Gasteiger partial charge in [-0.05, 0) is 37.0 Å². The molecule has 0 bridgehead atoms. The molecule has 0 atom stereocenters. The van der Waals surface area contributed by atoms with E-state index in [0.717, 1.165) is 11.4 Å². The molecular formula is C10H11ClIN. The summed E-state index contributed by atoms with van der Waals surface area (Å²) in [6, 6.07) is 8.13. The van der Waals surface area contributed by atoms with Crippen LogP contribution in [0.4, 0.5) is 0 Å². The lowest BCUT2D eigenvalue weighted by Crippen LogP contribution is -2.24. The van der Waals surface area contributed by atoms with Gasteiger partial charge >= 0.3 is 0 Å². The Morgan fingerprint density at radius 2 is 1.92 bits per heavy atom. The Balaban J connectivity index is 2.06. The zero-order valence-electron chi connectivity index (χ0n) is 7.19. The van der Waals surface area contributed by atoms with Crippen molar-refractivity contribution in [3.05, 3.63) is 34.9 Å². The van der Waals surface area contributed by atoms with Gasteiger partial charge in [0.25, 0.3) is 0 Å². The predicted molar refractivity (Wildman–Crippen MR) is 64.3 cm³/mol. The van der Waals surface area contributed by atoms with Crippen molar-refractivity contribution in [3.8, 4) is 0 Å². The van der Waals surface area contributed by atoms with Gasteiger partial charge in [-0.1, -0.05) is 23.7 Å². The highest BCUT2D eigenvalue weighted by Gasteiger charge is 2.41. The van der Waals surface area contributed by atoms with E-state index in [9.17, 15) is 0 Å². The molecule has 13 heavy (non-hydrogen) atoms. The maximum absolute atomic E-state index is 5.82. The van der Waals surface area contributed by atoms with E-state index in [-0.39, 0.29) is 0 Å². The number of rotatable bonds is 3. The standard InChI is InChI=1S/C10H11ClIN/c11-9-3-1-8(2-4-9)7-10(13-12)5-6-10/h1-4,13H,5-7H2. The van der Waals surface area contributed by atoms with Crippen molar-refractivity contribution in [1.82, 2.24) is 3.53 Å². The topological polar surface area (TPSA) is 12.0 Å². The third-order valence-electron chi connectivity index (χ3n) is 2.51. The molecule has 1 nitrogen and oxygen atoms in total. The van der Waals surface area contributed by atoms with Crippen LogP contribution in [0.25, 0.3) is 0 Å². The Morgan fingerprint density at radius 1 is 1.31 bits per heavy atom. The van der Waals surface area contributed by atoms with Crippen molar-refractivity contribution in [2.45, 2.75) is 24.8 Å². The first-order valence-corrected chi connectivity index (χ1v) is 5.82. The van der Waals surface area contributed by atoms with E-state index in [1.165, 1.54) is 18.4 Å². The van der Waals surface area contributed by atoms with Crippen LogP contribution >= 0.6 is 34.5 Å². The van der Waals surface area contributed by atoms with Crippen LogP contribution in [0.3, 0.4) is 0 Å².